The van der Waals surface area contributed by atoms with E-state index in [-0.39, 0.29) is 17.5 Å². The first kappa shape index (κ1) is 15.2. The molecule has 1 aromatic rings. The number of amides is 1. The molecule has 1 amide bonds. The predicted molar refractivity (Wildman–Crippen MR) is 78.0 cm³/mol. The monoisotopic (exact) mass is 268 g/mol. The fourth-order valence-corrected chi connectivity index (χ4v) is 2.57. The van der Waals surface area contributed by atoms with Crippen molar-refractivity contribution in [1.82, 2.24) is 10.6 Å². The normalized spacial score (nSPS) is 13.4. The van der Waals surface area contributed by atoms with Gasteiger partial charge in [0.15, 0.2) is 0 Å². The summed E-state index contributed by atoms with van der Waals surface area (Å²) in [5.74, 6) is 0.0486. The third-order valence-corrected chi connectivity index (χ3v) is 3.84. The SMILES string of the molecule is Cc1cc(CNC(C)C(=O)NC(C)(C)C)sc1C. The van der Waals surface area contributed by atoms with Crippen LogP contribution in [0.2, 0.25) is 0 Å². The second kappa shape index (κ2) is 5.85. The van der Waals surface area contributed by atoms with E-state index in [0.29, 0.717) is 0 Å². The van der Waals surface area contributed by atoms with E-state index in [1.807, 2.05) is 27.7 Å². The number of rotatable bonds is 4. The van der Waals surface area contributed by atoms with Crippen molar-refractivity contribution in [1.29, 1.82) is 0 Å². The Hall–Kier alpha value is -0.870. The number of aryl methyl sites for hydroxylation is 2. The van der Waals surface area contributed by atoms with E-state index in [2.05, 4.69) is 30.5 Å². The molecule has 0 saturated heterocycles. The van der Waals surface area contributed by atoms with Crippen molar-refractivity contribution in [2.75, 3.05) is 0 Å². The molecule has 0 spiro atoms. The van der Waals surface area contributed by atoms with Crippen LogP contribution in [0.15, 0.2) is 6.07 Å². The highest BCUT2D eigenvalue weighted by molar-refractivity contribution is 7.12. The van der Waals surface area contributed by atoms with Crippen LogP contribution in [0.3, 0.4) is 0 Å². The van der Waals surface area contributed by atoms with Crippen molar-refractivity contribution in [3.05, 3.63) is 21.4 Å². The van der Waals surface area contributed by atoms with Crippen molar-refractivity contribution in [3.63, 3.8) is 0 Å². The molecule has 0 aliphatic rings. The molecule has 102 valence electrons. The highest BCUT2D eigenvalue weighted by Crippen LogP contribution is 2.20. The average Bonchev–Trinajstić information content (AvgIpc) is 2.52. The van der Waals surface area contributed by atoms with Crippen LogP contribution in [0.25, 0.3) is 0 Å². The van der Waals surface area contributed by atoms with E-state index >= 15 is 0 Å². The number of nitrogens with one attached hydrogen (secondary N) is 2. The van der Waals surface area contributed by atoms with Gasteiger partial charge in [0.2, 0.25) is 5.91 Å². The summed E-state index contributed by atoms with van der Waals surface area (Å²) < 4.78 is 0. The zero-order valence-electron chi connectivity index (χ0n) is 12.2. The molecular weight excluding hydrogens is 244 g/mol. The lowest BCUT2D eigenvalue weighted by atomic mass is 10.1. The minimum Gasteiger partial charge on any atom is -0.350 e. The maximum absolute atomic E-state index is 11.9. The van der Waals surface area contributed by atoms with Gasteiger partial charge in [0.05, 0.1) is 6.04 Å². The van der Waals surface area contributed by atoms with Crippen molar-refractivity contribution in [2.24, 2.45) is 0 Å². The second-order valence-electron chi connectivity index (χ2n) is 5.79. The molecule has 1 atom stereocenters. The number of hydrogen-bond donors (Lipinski definition) is 2. The zero-order valence-corrected chi connectivity index (χ0v) is 13.0. The van der Waals surface area contributed by atoms with Gasteiger partial charge in [-0.05, 0) is 53.2 Å². The van der Waals surface area contributed by atoms with Gasteiger partial charge < -0.3 is 10.6 Å². The summed E-state index contributed by atoms with van der Waals surface area (Å²) in [6.45, 7) is 12.9. The number of thiophene rings is 1. The maximum atomic E-state index is 11.9. The second-order valence-corrected chi connectivity index (χ2v) is 7.13. The van der Waals surface area contributed by atoms with Crippen LogP contribution in [0, 0.1) is 13.8 Å². The van der Waals surface area contributed by atoms with Crippen LogP contribution in [0.4, 0.5) is 0 Å². The number of carbonyl (C=O) groups is 1. The molecule has 1 unspecified atom stereocenters. The Bertz CT molecular complexity index is 398. The molecule has 0 bridgehead atoms. The molecule has 0 fully saturated rings. The molecule has 3 nitrogen and oxygen atoms in total. The van der Waals surface area contributed by atoms with E-state index in [1.54, 1.807) is 11.3 Å². The molecular formula is C14H24N2OS. The minimum absolute atomic E-state index is 0.0486. The predicted octanol–water partition coefficient (Wildman–Crippen LogP) is 2.76. The van der Waals surface area contributed by atoms with Crippen molar-refractivity contribution in [2.45, 2.75) is 59.7 Å². The first-order valence-corrected chi connectivity index (χ1v) is 7.12. The maximum Gasteiger partial charge on any atom is 0.237 e. The quantitative estimate of drug-likeness (QED) is 0.881. The van der Waals surface area contributed by atoms with Crippen LogP contribution in [0.1, 0.15) is 43.0 Å². The van der Waals surface area contributed by atoms with E-state index in [1.165, 1.54) is 15.3 Å². The zero-order chi connectivity index (χ0) is 13.9. The molecule has 0 aliphatic carbocycles. The van der Waals surface area contributed by atoms with Gasteiger partial charge in [-0.3, -0.25) is 4.79 Å². The molecule has 1 heterocycles. The lowest BCUT2D eigenvalue weighted by Crippen LogP contribution is -2.49. The first-order chi connectivity index (χ1) is 8.19. The molecule has 0 radical (unpaired) electrons. The molecule has 4 heteroatoms. The fraction of sp³-hybridized carbons (Fsp3) is 0.643. The van der Waals surface area contributed by atoms with Gasteiger partial charge in [-0.2, -0.15) is 0 Å². The smallest absolute Gasteiger partial charge is 0.237 e. The van der Waals surface area contributed by atoms with Crippen LogP contribution in [-0.4, -0.2) is 17.5 Å². The lowest BCUT2D eigenvalue weighted by Gasteiger charge is -2.23. The average molecular weight is 268 g/mol. The molecule has 1 rings (SSSR count). The molecule has 2 N–H and O–H groups in total. The van der Waals surface area contributed by atoms with Crippen molar-refractivity contribution in [3.8, 4) is 0 Å². The van der Waals surface area contributed by atoms with Gasteiger partial charge in [0.25, 0.3) is 0 Å². The van der Waals surface area contributed by atoms with E-state index in [0.717, 1.165) is 6.54 Å². The third kappa shape index (κ3) is 4.78. The lowest BCUT2D eigenvalue weighted by molar-refractivity contribution is -0.124. The highest BCUT2D eigenvalue weighted by atomic mass is 32.1. The molecule has 0 aromatic carbocycles. The van der Waals surface area contributed by atoms with E-state index in [9.17, 15) is 4.79 Å². The topological polar surface area (TPSA) is 41.1 Å². The summed E-state index contributed by atoms with van der Waals surface area (Å²) >= 11 is 1.79. The van der Waals surface area contributed by atoms with Gasteiger partial charge >= 0.3 is 0 Å². The van der Waals surface area contributed by atoms with Gasteiger partial charge in [0, 0.05) is 21.8 Å². The van der Waals surface area contributed by atoms with Crippen LogP contribution < -0.4 is 10.6 Å². The molecule has 0 saturated carbocycles. The number of carbonyl (C=O) groups excluding carboxylic acids is 1. The van der Waals surface area contributed by atoms with Crippen LogP contribution >= 0.6 is 11.3 Å². The molecule has 0 aliphatic heterocycles. The van der Waals surface area contributed by atoms with Crippen LogP contribution in [-0.2, 0) is 11.3 Å². The highest BCUT2D eigenvalue weighted by Gasteiger charge is 2.18. The van der Waals surface area contributed by atoms with E-state index in [4.69, 9.17) is 0 Å². The fourth-order valence-electron chi connectivity index (χ4n) is 1.56. The Balaban J connectivity index is 2.46. The Morgan fingerprint density at radius 3 is 2.44 bits per heavy atom. The summed E-state index contributed by atoms with van der Waals surface area (Å²) in [6.07, 6.45) is 0. The summed E-state index contributed by atoms with van der Waals surface area (Å²) in [5.41, 5.74) is 1.15. The van der Waals surface area contributed by atoms with Gasteiger partial charge in [-0.1, -0.05) is 0 Å². The third-order valence-electron chi connectivity index (χ3n) is 2.69. The van der Waals surface area contributed by atoms with Crippen LogP contribution in [0.5, 0.6) is 0 Å². The number of hydrogen-bond acceptors (Lipinski definition) is 3. The Kier molecular flexibility index (Phi) is 4.93. The summed E-state index contributed by atoms with van der Waals surface area (Å²) in [6, 6.07) is 2.01. The van der Waals surface area contributed by atoms with Crippen molar-refractivity contribution >= 4 is 17.2 Å². The summed E-state index contributed by atoms with van der Waals surface area (Å²) in [4.78, 5) is 14.5. The Morgan fingerprint density at radius 2 is 2.00 bits per heavy atom. The van der Waals surface area contributed by atoms with Gasteiger partial charge in [0.1, 0.15) is 0 Å². The summed E-state index contributed by atoms with van der Waals surface area (Å²) in [5, 5.41) is 6.23. The molecule has 1 aromatic heterocycles. The Morgan fingerprint density at radius 1 is 1.39 bits per heavy atom. The van der Waals surface area contributed by atoms with E-state index < -0.39 is 0 Å². The largest absolute Gasteiger partial charge is 0.350 e. The minimum atomic E-state index is -0.177. The van der Waals surface area contributed by atoms with Gasteiger partial charge in [-0.15, -0.1) is 11.3 Å². The molecule has 18 heavy (non-hydrogen) atoms. The standard InChI is InChI=1S/C14H24N2OS/c1-9-7-12(18-11(9)3)8-15-10(2)13(17)16-14(4,5)6/h7,10,15H,8H2,1-6H3,(H,16,17). The van der Waals surface area contributed by atoms with Gasteiger partial charge in [-0.25, -0.2) is 0 Å². The first-order valence-electron chi connectivity index (χ1n) is 6.30. The van der Waals surface area contributed by atoms with Crippen molar-refractivity contribution < 1.29 is 4.79 Å². The summed E-state index contributed by atoms with van der Waals surface area (Å²) in [7, 11) is 0. The Labute approximate surface area is 114 Å².